The minimum atomic E-state index is -0.443. The number of rotatable bonds is 4. The monoisotopic (exact) mass is 319 g/mol. The summed E-state index contributed by atoms with van der Waals surface area (Å²) in [5, 5.41) is 15.2. The van der Waals surface area contributed by atoms with Crippen molar-refractivity contribution in [3.05, 3.63) is 11.7 Å². The number of piperidine rings is 1. The molecule has 0 spiro atoms. The second-order valence-corrected chi connectivity index (χ2v) is 8.04. The van der Waals surface area contributed by atoms with Crippen LogP contribution in [0.4, 0.5) is 0 Å². The lowest BCUT2D eigenvalue weighted by atomic mass is 9.65. The Morgan fingerprint density at radius 1 is 1.22 bits per heavy atom. The van der Waals surface area contributed by atoms with E-state index in [0.717, 1.165) is 37.8 Å². The van der Waals surface area contributed by atoms with E-state index in [1.165, 1.54) is 44.9 Å². The van der Waals surface area contributed by atoms with E-state index in [0.29, 0.717) is 17.8 Å². The standard InChI is InChI=1S/C18H29N3O2/c1-13-11-21(10-9-18(13,22)15-7-4-8-15)12-16-19-17(23-20-16)14-5-2-3-6-14/h13-15,22H,2-12H2,1H3/t13-,18+/m1/s1. The van der Waals surface area contributed by atoms with Crippen LogP contribution in [-0.2, 0) is 6.54 Å². The van der Waals surface area contributed by atoms with Crippen LogP contribution in [0.5, 0.6) is 0 Å². The first kappa shape index (κ1) is 15.6. The van der Waals surface area contributed by atoms with Gasteiger partial charge in [0.2, 0.25) is 5.89 Å². The molecule has 2 heterocycles. The van der Waals surface area contributed by atoms with E-state index in [2.05, 4.69) is 22.0 Å². The summed E-state index contributed by atoms with van der Waals surface area (Å²) in [6, 6.07) is 0. The van der Waals surface area contributed by atoms with Gasteiger partial charge in [-0.2, -0.15) is 4.98 Å². The van der Waals surface area contributed by atoms with E-state index in [1.54, 1.807) is 0 Å². The SMILES string of the molecule is C[C@@H]1CN(Cc2noc(C3CCCC3)n2)CC[C@@]1(O)C1CCC1. The van der Waals surface area contributed by atoms with Crippen molar-refractivity contribution in [2.75, 3.05) is 13.1 Å². The van der Waals surface area contributed by atoms with Gasteiger partial charge in [-0.15, -0.1) is 0 Å². The minimum Gasteiger partial charge on any atom is -0.389 e. The Bertz CT molecular complexity index is 536. The molecular weight excluding hydrogens is 290 g/mol. The molecule has 5 heteroatoms. The van der Waals surface area contributed by atoms with Crippen LogP contribution in [0, 0.1) is 11.8 Å². The van der Waals surface area contributed by atoms with Gasteiger partial charge in [-0.3, -0.25) is 4.90 Å². The topological polar surface area (TPSA) is 62.4 Å². The van der Waals surface area contributed by atoms with E-state index >= 15 is 0 Å². The predicted octanol–water partition coefficient (Wildman–Crippen LogP) is 3.10. The summed E-state index contributed by atoms with van der Waals surface area (Å²) in [4.78, 5) is 7.00. The van der Waals surface area contributed by atoms with E-state index in [-0.39, 0.29) is 0 Å². The van der Waals surface area contributed by atoms with Crippen LogP contribution < -0.4 is 0 Å². The lowest BCUT2D eigenvalue weighted by Crippen LogP contribution is -2.56. The molecule has 4 rings (SSSR count). The highest BCUT2D eigenvalue weighted by atomic mass is 16.5. The molecule has 5 nitrogen and oxygen atoms in total. The highest BCUT2D eigenvalue weighted by Crippen LogP contribution is 2.44. The van der Waals surface area contributed by atoms with Crippen LogP contribution in [0.15, 0.2) is 4.52 Å². The van der Waals surface area contributed by atoms with Crippen molar-refractivity contribution in [2.24, 2.45) is 11.8 Å². The van der Waals surface area contributed by atoms with Crippen molar-refractivity contribution in [1.29, 1.82) is 0 Å². The normalized spacial score (nSPS) is 33.9. The fourth-order valence-corrected chi connectivity index (χ4v) is 4.75. The second kappa shape index (κ2) is 6.17. The minimum absolute atomic E-state index is 0.322. The molecule has 1 N–H and O–H groups in total. The Labute approximate surface area is 138 Å². The van der Waals surface area contributed by atoms with Crippen molar-refractivity contribution in [3.63, 3.8) is 0 Å². The van der Waals surface area contributed by atoms with Crippen molar-refractivity contribution in [3.8, 4) is 0 Å². The first-order valence-corrected chi connectivity index (χ1v) is 9.42. The molecule has 2 atom stereocenters. The van der Waals surface area contributed by atoms with Gasteiger partial charge >= 0.3 is 0 Å². The van der Waals surface area contributed by atoms with E-state index < -0.39 is 5.60 Å². The highest BCUT2D eigenvalue weighted by molar-refractivity contribution is 5.00. The summed E-state index contributed by atoms with van der Waals surface area (Å²) in [7, 11) is 0. The molecule has 0 unspecified atom stereocenters. The van der Waals surface area contributed by atoms with Gasteiger partial charge in [0.05, 0.1) is 12.1 Å². The van der Waals surface area contributed by atoms with Crippen LogP contribution in [0.25, 0.3) is 0 Å². The molecule has 1 aliphatic heterocycles. The molecule has 1 aromatic rings. The highest BCUT2D eigenvalue weighted by Gasteiger charge is 2.46. The van der Waals surface area contributed by atoms with Gasteiger partial charge < -0.3 is 9.63 Å². The van der Waals surface area contributed by atoms with Crippen molar-refractivity contribution in [2.45, 2.75) is 76.4 Å². The van der Waals surface area contributed by atoms with Crippen molar-refractivity contribution in [1.82, 2.24) is 15.0 Å². The van der Waals surface area contributed by atoms with Gasteiger partial charge in [-0.1, -0.05) is 31.3 Å². The number of likely N-dealkylation sites (tertiary alicyclic amines) is 1. The second-order valence-electron chi connectivity index (χ2n) is 8.04. The third-order valence-corrected chi connectivity index (χ3v) is 6.58. The van der Waals surface area contributed by atoms with Gasteiger partial charge in [0.1, 0.15) is 0 Å². The van der Waals surface area contributed by atoms with Gasteiger partial charge in [-0.25, -0.2) is 0 Å². The molecule has 3 aliphatic rings. The molecule has 23 heavy (non-hydrogen) atoms. The fraction of sp³-hybridized carbons (Fsp3) is 0.889. The van der Waals surface area contributed by atoms with Crippen molar-refractivity contribution < 1.29 is 9.63 Å². The quantitative estimate of drug-likeness (QED) is 0.924. The molecule has 0 bridgehead atoms. The third kappa shape index (κ3) is 2.93. The molecular formula is C18H29N3O2. The zero-order valence-corrected chi connectivity index (χ0v) is 14.2. The largest absolute Gasteiger partial charge is 0.389 e. The summed E-state index contributed by atoms with van der Waals surface area (Å²) in [5.41, 5.74) is -0.443. The lowest BCUT2D eigenvalue weighted by Gasteiger charge is -2.50. The van der Waals surface area contributed by atoms with Crippen LogP contribution >= 0.6 is 0 Å². The molecule has 2 aliphatic carbocycles. The Hall–Kier alpha value is -0.940. The van der Waals surface area contributed by atoms with Crippen LogP contribution in [-0.4, -0.2) is 38.8 Å². The summed E-state index contributed by atoms with van der Waals surface area (Å²) in [5.74, 6) is 2.99. The maximum atomic E-state index is 11.0. The number of aromatic nitrogens is 2. The number of aliphatic hydroxyl groups is 1. The Kier molecular flexibility index (Phi) is 4.18. The zero-order chi connectivity index (χ0) is 15.9. The lowest BCUT2D eigenvalue weighted by molar-refractivity contribution is -0.129. The molecule has 0 aromatic carbocycles. The summed E-state index contributed by atoms with van der Waals surface area (Å²) < 4.78 is 5.49. The molecule has 1 saturated heterocycles. The Morgan fingerprint density at radius 2 is 2.00 bits per heavy atom. The maximum absolute atomic E-state index is 11.0. The first-order valence-electron chi connectivity index (χ1n) is 9.42. The molecule has 0 radical (unpaired) electrons. The smallest absolute Gasteiger partial charge is 0.229 e. The number of hydrogen-bond donors (Lipinski definition) is 1. The fourth-order valence-electron chi connectivity index (χ4n) is 4.75. The van der Waals surface area contributed by atoms with Crippen LogP contribution in [0.3, 0.4) is 0 Å². The number of nitrogens with zero attached hydrogens (tertiary/aromatic N) is 3. The molecule has 0 amide bonds. The van der Waals surface area contributed by atoms with Crippen molar-refractivity contribution >= 4 is 0 Å². The Morgan fingerprint density at radius 3 is 2.65 bits per heavy atom. The zero-order valence-electron chi connectivity index (χ0n) is 14.2. The van der Waals surface area contributed by atoms with E-state index in [9.17, 15) is 5.11 Å². The molecule has 1 aromatic heterocycles. The van der Waals surface area contributed by atoms with Gasteiger partial charge in [-0.05, 0) is 43.9 Å². The Balaban J connectivity index is 1.35. The van der Waals surface area contributed by atoms with Crippen LogP contribution in [0.2, 0.25) is 0 Å². The maximum Gasteiger partial charge on any atom is 0.229 e. The molecule has 128 valence electrons. The van der Waals surface area contributed by atoms with Gasteiger partial charge in [0, 0.05) is 19.0 Å². The predicted molar refractivity (Wildman–Crippen MR) is 86.9 cm³/mol. The average molecular weight is 319 g/mol. The third-order valence-electron chi connectivity index (χ3n) is 6.58. The van der Waals surface area contributed by atoms with E-state index in [4.69, 9.17) is 4.52 Å². The van der Waals surface area contributed by atoms with E-state index in [1.807, 2.05) is 0 Å². The van der Waals surface area contributed by atoms with Gasteiger partial charge in [0.25, 0.3) is 0 Å². The number of hydrogen-bond acceptors (Lipinski definition) is 5. The summed E-state index contributed by atoms with van der Waals surface area (Å²) >= 11 is 0. The summed E-state index contributed by atoms with van der Waals surface area (Å²) in [6.45, 7) is 4.82. The first-order chi connectivity index (χ1) is 11.1. The molecule has 2 saturated carbocycles. The van der Waals surface area contributed by atoms with Crippen LogP contribution in [0.1, 0.15) is 75.9 Å². The van der Waals surface area contributed by atoms with Gasteiger partial charge in [0.15, 0.2) is 5.82 Å². The summed E-state index contributed by atoms with van der Waals surface area (Å²) in [6.07, 6.45) is 9.53. The average Bonchev–Trinajstić information content (AvgIpc) is 3.12. The molecule has 3 fully saturated rings.